The van der Waals surface area contributed by atoms with Crippen molar-refractivity contribution < 1.29 is 50.1 Å². The number of carbonyl (C=O) groups excluding carboxylic acids is 2. The number of ether oxygens (including phenoxy) is 3. The third-order valence-corrected chi connectivity index (χ3v) is 4.59. The first kappa shape index (κ1) is 28.8. The van der Waals surface area contributed by atoms with Gasteiger partial charge in [0.1, 0.15) is 17.5 Å². The smallest absolute Gasteiger partial charge is 0.493 e. The summed E-state index contributed by atoms with van der Waals surface area (Å²) in [6.07, 6.45) is -10.4. The van der Waals surface area contributed by atoms with Crippen LogP contribution in [0.5, 0.6) is 11.5 Å². The number of halogens is 6. The molecule has 0 heterocycles. The van der Waals surface area contributed by atoms with E-state index in [1.165, 1.54) is 43.5 Å². The SMILES string of the molecule is COCCNC(=O)C(Cc1ccc(OC(F)(F)F)cc1)NC(=O)c1ccc(OCCC(F)(F)F)cc1. The molecule has 0 bridgehead atoms. The summed E-state index contributed by atoms with van der Waals surface area (Å²) in [7, 11) is 1.44. The monoisotopic (exact) mass is 522 g/mol. The van der Waals surface area contributed by atoms with Crippen LogP contribution in [0.1, 0.15) is 22.3 Å². The average molecular weight is 522 g/mol. The quantitative estimate of drug-likeness (QED) is 0.325. The van der Waals surface area contributed by atoms with Crippen LogP contribution in [0.15, 0.2) is 48.5 Å². The molecule has 0 aliphatic rings. The Balaban J connectivity index is 2.06. The lowest BCUT2D eigenvalue weighted by molar-refractivity contribution is -0.274. The Labute approximate surface area is 202 Å². The Hall–Kier alpha value is -3.48. The molecular formula is C23H24F6N2O5. The summed E-state index contributed by atoms with van der Waals surface area (Å²) in [6.45, 7) is -0.207. The molecule has 2 rings (SSSR count). The van der Waals surface area contributed by atoms with Crippen LogP contribution in [0.3, 0.4) is 0 Å². The summed E-state index contributed by atoms with van der Waals surface area (Å²) < 4.78 is 87.5. The molecule has 7 nitrogen and oxygen atoms in total. The van der Waals surface area contributed by atoms with Gasteiger partial charge in [-0.05, 0) is 42.0 Å². The van der Waals surface area contributed by atoms with Gasteiger partial charge in [-0.15, -0.1) is 13.2 Å². The van der Waals surface area contributed by atoms with Crippen LogP contribution in [0.4, 0.5) is 26.3 Å². The first-order valence-corrected chi connectivity index (χ1v) is 10.6. The van der Waals surface area contributed by atoms with Crippen LogP contribution in [0.25, 0.3) is 0 Å². The second-order valence-electron chi connectivity index (χ2n) is 7.44. The summed E-state index contributed by atoms with van der Waals surface area (Å²) >= 11 is 0. The predicted octanol–water partition coefficient (Wildman–Crippen LogP) is 4.02. The molecule has 13 heteroatoms. The van der Waals surface area contributed by atoms with E-state index in [-0.39, 0.29) is 30.9 Å². The number of alkyl halides is 6. The van der Waals surface area contributed by atoms with E-state index in [0.717, 1.165) is 12.1 Å². The van der Waals surface area contributed by atoms with E-state index in [9.17, 15) is 35.9 Å². The maximum atomic E-state index is 12.7. The fourth-order valence-corrected chi connectivity index (χ4v) is 2.90. The molecule has 0 aliphatic carbocycles. The Bertz CT molecular complexity index is 978. The summed E-state index contributed by atoms with van der Waals surface area (Å²) in [5, 5.41) is 5.13. The van der Waals surface area contributed by atoms with E-state index >= 15 is 0 Å². The molecular weight excluding hydrogens is 498 g/mol. The van der Waals surface area contributed by atoms with Gasteiger partial charge in [-0.3, -0.25) is 9.59 Å². The molecule has 0 aliphatic heterocycles. The van der Waals surface area contributed by atoms with E-state index < -0.39 is 49.2 Å². The normalized spacial score (nSPS) is 12.5. The molecule has 2 N–H and O–H groups in total. The molecule has 0 aromatic heterocycles. The largest absolute Gasteiger partial charge is 0.573 e. The summed E-state index contributed by atoms with van der Waals surface area (Å²) in [4.78, 5) is 25.3. The van der Waals surface area contributed by atoms with Crippen LogP contribution in [-0.2, 0) is 16.0 Å². The maximum Gasteiger partial charge on any atom is 0.573 e. The summed E-state index contributed by atoms with van der Waals surface area (Å²) in [5.41, 5.74) is 0.562. The van der Waals surface area contributed by atoms with Crippen LogP contribution in [0, 0.1) is 0 Å². The van der Waals surface area contributed by atoms with Crippen molar-refractivity contribution in [2.45, 2.75) is 31.4 Å². The van der Waals surface area contributed by atoms with Crippen molar-refractivity contribution in [1.29, 1.82) is 0 Å². The third kappa shape index (κ3) is 10.8. The average Bonchev–Trinajstić information content (AvgIpc) is 2.78. The molecule has 0 saturated carbocycles. The van der Waals surface area contributed by atoms with Crippen LogP contribution < -0.4 is 20.1 Å². The number of carbonyl (C=O) groups is 2. The Morgan fingerprint density at radius 3 is 2.06 bits per heavy atom. The summed E-state index contributed by atoms with van der Waals surface area (Å²) in [5.74, 6) is -1.51. The van der Waals surface area contributed by atoms with Gasteiger partial charge in [0.15, 0.2) is 0 Å². The molecule has 36 heavy (non-hydrogen) atoms. The van der Waals surface area contributed by atoms with Gasteiger partial charge in [-0.1, -0.05) is 12.1 Å². The first-order valence-electron chi connectivity index (χ1n) is 10.6. The zero-order valence-corrected chi connectivity index (χ0v) is 19.0. The fourth-order valence-electron chi connectivity index (χ4n) is 2.90. The lowest BCUT2D eigenvalue weighted by atomic mass is 10.0. The number of hydrogen-bond acceptors (Lipinski definition) is 5. The molecule has 198 valence electrons. The minimum Gasteiger partial charge on any atom is -0.493 e. The van der Waals surface area contributed by atoms with E-state index in [1.54, 1.807) is 0 Å². The lowest BCUT2D eigenvalue weighted by Gasteiger charge is -2.19. The zero-order chi connectivity index (χ0) is 26.8. The van der Waals surface area contributed by atoms with Crippen molar-refractivity contribution in [2.75, 3.05) is 26.9 Å². The molecule has 2 amide bonds. The van der Waals surface area contributed by atoms with Crippen molar-refractivity contribution in [3.05, 3.63) is 59.7 Å². The van der Waals surface area contributed by atoms with Gasteiger partial charge in [-0.2, -0.15) is 13.2 Å². The third-order valence-electron chi connectivity index (χ3n) is 4.59. The van der Waals surface area contributed by atoms with Gasteiger partial charge in [0, 0.05) is 25.6 Å². The Morgan fingerprint density at radius 2 is 1.50 bits per heavy atom. The van der Waals surface area contributed by atoms with E-state index in [1.807, 2.05) is 0 Å². The van der Waals surface area contributed by atoms with Gasteiger partial charge in [0.05, 0.1) is 19.6 Å². The molecule has 1 unspecified atom stereocenters. The minimum absolute atomic E-state index is 0.0461. The Kier molecular flexibility index (Phi) is 10.4. The van der Waals surface area contributed by atoms with Crippen LogP contribution in [0.2, 0.25) is 0 Å². The highest BCUT2D eigenvalue weighted by atomic mass is 19.4. The fraction of sp³-hybridized carbons (Fsp3) is 0.391. The van der Waals surface area contributed by atoms with Crippen molar-refractivity contribution in [2.24, 2.45) is 0 Å². The van der Waals surface area contributed by atoms with E-state index in [4.69, 9.17) is 9.47 Å². The van der Waals surface area contributed by atoms with E-state index in [0.29, 0.717) is 5.56 Å². The highest BCUT2D eigenvalue weighted by molar-refractivity contribution is 5.97. The van der Waals surface area contributed by atoms with Gasteiger partial charge < -0.3 is 24.8 Å². The Morgan fingerprint density at radius 1 is 0.889 bits per heavy atom. The van der Waals surface area contributed by atoms with Gasteiger partial charge in [0.2, 0.25) is 5.91 Å². The number of nitrogens with one attached hydrogen (secondary N) is 2. The van der Waals surface area contributed by atoms with Gasteiger partial charge >= 0.3 is 12.5 Å². The number of rotatable bonds is 12. The van der Waals surface area contributed by atoms with Crippen molar-refractivity contribution >= 4 is 11.8 Å². The topological polar surface area (TPSA) is 85.9 Å². The highest BCUT2D eigenvalue weighted by Gasteiger charge is 2.31. The standard InChI is InChI=1S/C23H24F6N2O5/c1-34-13-11-30-21(33)19(14-15-2-6-18(7-3-15)36-23(27,28)29)31-20(32)16-4-8-17(9-5-16)35-12-10-22(24,25)26/h2-9,19H,10-14H2,1H3,(H,30,33)(H,31,32). The molecule has 0 spiro atoms. The predicted molar refractivity (Wildman–Crippen MR) is 116 cm³/mol. The number of hydrogen-bond donors (Lipinski definition) is 2. The van der Waals surface area contributed by atoms with Crippen molar-refractivity contribution in [3.63, 3.8) is 0 Å². The van der Waals surface area contributed by atoms with Gasteiger partial charge in [-0.25, -0.2) is 0 Å². The highest BCUT2D eigenvalue weighted by Crippen LogP contribution is 2.23. The minimum atomic E-state index is -4.85. The molecule has 1 atom stereocenters. The first-order chi connectivity index (χ1) is 16.9. The molecule has 0 radical (unpaired) electrons. The number of amides is 2. The number of benzene rings is 2. The lowest BCUT2D eigenvalue weighted by Crippen LogP contribution is -2.48. The summed E-state index contributed by atoms with van der Waals surface area (Å²) in [6, 6.07) is 9.01. The van der Waals surface area contributed by atoms with Crippen LogP contribution in [-0.4, -0.2) is 57.3 Å². The van der Waals surface area contributed by atoms with Gasteiger partial charge in [0.25, 0.3) is 5.91 Å². The van der Waals surface area contributed by atoms with E-state index in [2.05, 4.69) is 15.4 Å². The molecule has 0 fully saturated rings. The second kappa shape index (κ2) is 13.0. The molecule has 0 saturated heterocycles. The zero-order valence-electron chi connectivity index (χ0n) is 19.0. The van der Waals surface area contributed by atoms with Crippen LogP contribution >= 0.6 is 0 Å². The second-order valence-corrected chi connectivity index (χ2v) is 7.44. The molecule has 2 aromatic carbocycles. The maximum absolute atomic E-state index is 12.7. The molecule has 2 aromatic rings. The number of methoxy groups -OCH3 is 1. The van der Waals surface area contributed by atoms with Crippen molar-refractivity contribution in [3.8, 4) is 11.5 Å². The van der Waals surface area contributed by atoms with Crippen molar-refractivity contribution in [1.82, 2.24) is 10.6 Å².